The molecule has 6 nitrogen and oxygen atoms in total. The quantitative estimate of drug-likeness (QED) is 0.850. The molecule has 3 heterocycles. The number of hydrogen-bond acceptors (Lipinski definition) is 5. The number of carbonyl (C=O) groups is 1. The van der Waals surface area contributed by atoms with E-state index < -0.39 is 0 Å². The number of anilines is 2. The number of likely N-dealkylation sites (tertiary alicyclic amines) is 1. The molecular formula is C21H29N5O. The van der Waals surface area contributed by atoms with Crippen LogP contribution in [0, 0.1) is 0 Å². The maximum absolute atomic E-state index is 12.6. The third-order valence-corrected chi connectivity index (χ3v) is 4.98. The van der Waals surface area contributed by atoms with Gasteiger partial charge in [0.2, 0.25) is 5.91 Å². The molecule has 1 atom stereocenters. The van der Waals surface area contributed by atoms with Crippen molar-refractivity contribution >= 4 is 17.4 Å². The summed E-state index contributed by atoms with van der Waals surface area (Å²) in [5.41, 5.74) is 2.02. The van der Waals surface area contributed by atoms with Gasteiger partial charge in [-0.2, -0.15) is 0 Å². The van der Waals surface area contributed by atoms with Crippen LogP contribution in [0.15, 0.2) is 42.7 Å². The first-order valence-corrected chi connectivity index (χ1v) is 9.69. The van der Waals surface area contributed by atoms with Crippen molar-refractivity contribution in [1.82, 2.24) is 14.9 Å². The van der Waals surface area contributed by atoms with Gasteiger partial charge in [0.1, 0.15) is 5.82 Å². The zero-order valence-corrected chi connectivity index (χ0v) is 16.3. The Bertz CT molecular complexity index is 717. The largest absolute Gasteiger partial charge is 0.381 e. The Kier molecular flexibility index (Phi) is 6.63. The van der Waals surface area contributed by atoms with Crippen LogP contribution in [0.1, 0.15) is 31.4 Å². The van der Waals surface area contributed by atoms with Crippen LogP contribution in [0.5, 0.6) is 0 Å². The van der Waals surface area contributed by atoms with Crippen molar-refractivity contribution in [1.29, 1.82) is 0 Å². The summed E-state index contributed by atoms with van der Waals surface area (Å²) in [4.78, 5) is 25.3. The highest BCUT2D eigenvalue weighted by Gasteiger charge is 2.20. The fourth-order valence-electron chi connectivity index (χ4n) is 3.40. The van der Waals surface area contributed by atoms with Crippen LogP contribution >= 0.6 is 0 Å². The van der Waals surface area contributed by atoms with Gasteiger partial charge in [-0.3, -0.25) is 9.78 Å². The van der Waals surface area contributed by atoms with Crippen LogP contribution < -0.4 is 10.2 Å². The van der Waals surface area contributed by atoms with E-state index in [4.69, 9.17) is 0 Å². The molecule has 0 aromatic carbocycles. The molecule has 3 rings (SSSR count). The van der Waals surface area contributed by atoms with E-state index in [0.717, 1.165) is 49.6 Å². The number of aryl methyl sites for hydroxylation is 1. The number of nitrogens with zero attached hydrogens (tertiary/aromatic N) is 4. The average Bonchev–Trinajstić information content (AvgIpc) is 2.93. The van der Waals surface area contributed by atoms with Gasteiger partial charge in [0.15, 0.2) is 0 Å². The molecule has 1 fully saturated rings. The van der Waals surface area contributed by atoms with Crippen molar-refractivity contribution in [2.24, 2.45) is 0 Å². The van der Waals surface area contributed by atoms with E-state index >= 15 is 0 Å². The van der Waals surface area contributed by atoms with Crippen LogP contribution in [0.25, 0.3) is 0 Å². The zero-order chi connectivity index (χ0) is 19.1. The number of aromatic nitrogens is 2. The Labute approximate surface area is 161 Å². The van der Waals surface area contributed by atoms with Crippen molar-refractivity contribution < 1.29 is 4.79 Å². The zero-order valence-electron chi connectivity index (χ0n) is 16.3. The highest BCUT2D eigenvalue weighted by atomic mass is 16.2. The number of pyridine rings is 2. The Hall–Kier alpha value is -2.63. The van der Waals surface area contributed by atoms with E-state index in [-0.39, 0.29) is 5.91 Å². The standard InChI is InChI=1S/C21H29N5O/c1-25(2)20-10-8-19(16-23-20)24-18-7-5-14-26(15-12-18)21(27)11-9-17-6-3-4-13-22-17/h3-4,6,8,10,13,16,18,24H,5,7,9,11-12,14-15H2,1-2H3. The van der Waals surface area contributed by atoms with Gasteiger partial charge >= 0.3 is 0 Å². The normalized spacial score (nSPS) is 17.3. The second-order valence-corrected chi connectivity index (χ2v) is 7.27. The average molecular weight is 367 g/mol. The summed E-state index contributed by atoms with van der Waals surface area (Å²) in [5, 5.41) is 3.58. The van der Waals surface area contributed by atoms with Crippen molar-refractivity contribution in [2.75, 3.05) is 37.4 Å². The SMILES string of the molecule is CN(C)c1ccc(NC2CCCN(C(=O)CCc3ccccn3)CC2)cn1. The molecule has 0 radical (unpaired) electrons. The second kappa shape index (κ2) is 9.35. The number of nitrogens with one attached hydrogen (secondary N) is 1. The molecule has 2 aromatic heterocycles. The lowest BCUT2D eigenvalue weighted by molar-refractivity contribution is -0.131. The molecule has 1 aliphatic rings. The molecule has 6 heteroatoms. The summed E-state index contributed by atoms with van der Waals surface area (Å²) in [6.07, 6.45) is 7.96. The fraction of sp³-hybridized carbons (Fsp3) is 0.476. The first kappa shape index (κ1) is 19.1. The summed E-state index contributed by atoms with van der Waals surface area (Å²) in [5.74, 6) is 1.18. The lowest BCUT2D eigenvalue weighted by atomic mass is 10.1. The summed E-state index contributed by atoms with van der Waals surface area (Å²) < 4.78 is 0. The summed E-state index contributed by atoms with van der Waals surface area (Å²) in [6.45, 7) is 1.65. The van der Waals surface area contributed by atoms with Crippen LogP contribution in [-0.4, -0.2) is 54.0 Å². The number of rotatable bonds is 6. The van der Waals surface area contributed by atoms with Crippen LogP contribution in [-0.2, 0) is 11.2 Å². The van der Waals surface area contributed by atoms with Gasteiger partial charge in [-0.1, -0.05) is 6.07 Å². The topological polar surface area (TPSA) is 61.4 Å². The van der Waals surface area contributed by atoms with Crippen LogP contribution in [0.4, 0.5) is 11.5 Å². The van der Waals surface area contributed by atoms with E-state index in [0.29, 0.717) is 18.9 Å². The van der Waals surface area contributed by atoms with E-state index in [2.05, 4.69) is 21.4 Å². The smallest absolute Gasteiger partial charge is 0.222 e. The van der Waals surface area contributed by atoms with Crippen molar-refractivity contribution in [3.8, 4) is 0 Å². The molecule has 144 valence electrons. The monoisotopic (exact) mass is 367 g/mol. The highest BCUT2D eigenvalue weighted by Crippen LogP contribution is 2.19. The number of carbonyl (C=O) groups excluding carboxylic acids is 1. The van der Waals surface area contributed by atoms with E-state index in [9.17, 15) is 4.79 Å². The van der Waals surface area contributed by atoms with Gasteiger partial charge in [-0.25, -0.2) is 4.98 Å². The van der Waals surface area contributed by atoms with Gasteiger partial charge < -0.3 is 15.1 Å². The fourth-order valence-corrected chi connectivity index (χ4v) is 3.40. The van der Waals surface area contributed by atoms with Crippen LogP contribution in [0.2, 0.25) is 0 Å². The van der Waals surface area contributed by atoms with Gasteiger partial charge in [-0.05, 0) is 49.9 Å². The van der Waals surface area contributed by atoms with Crippen molar-refractivity contribution in [2.45, 2.75) is 38.1 Å². The van der Waals surface area contributed by atoms with Crippen molar-refractivity contribution in [3.05, 3.63) is 48.4 Å². The van der Waals surface area contributed by atoms with Gasteiger partial charge in [-0.15, -0.1) is 0 Å². The van der Waals surface area contributed by atoms with Crippen molar-refractivity contribution in [3.63, 3.8) is 0 Å². The minimum Gasteiger partial charge on any atom is -0.381 e. The molecule has 1 amide bonds. The molecule has 27 heavy (non-hydrogen) atoms. The van der Waals surface area contributed by atoms with E-state index in [1.54, 1.807) is 6.20 Å². The molecule has 1 unspecified atom stereocenters. The Balaban J connectivity index is 1.47. The molecule has 0 aliphatic carbocycles. The lowest BCUT2D eigenvalue weighted by Crippen LogP contribution is -2.32. The van der Waals surface area contributed by atoms with Crippen LogP contribution in [0.3, 0.4) is 0 Å². The second-order valence-electron chi connectivity index (χ2n) is 7.27. The minimum absolute atomic E-state index is 0.235. The molecule has 1 N–H and O–H groups in total. The molecule has 0 saturated carbocycles. The Morgan fingerprint density at radius 3 is 2.78 bits per heavy atom. The van der Waals surface area contributed by atoms with Gasteiger partial charge in [0.25, 0.3) is 0 Å². The number of hydrogen-bond donors (Lipinski definition) is 1. The number of amides is 1. The summed E-state index contributed by atoms with van der Waals surface area (Å²) >= 11 is 0. The third kappa shape index (κ3) is 5.67. The highest BCUT2D eigenvalue weighted by molar-refractivity contribution is 5.76. The third-order valence-electron chi connectivity index (χ3n) is 4.98. The first-order valence-electron chi connectivity index (χ1n) is 9.69. The molecule has 0 spiro atoms. The van der Waals surface area contributed by atoms with E-state index in [1.165, 1.54) is 0 Å². The van der Waals surface area contributed by atoms with Gasteiger partial charge in [0.05, 0.1) is 11.9 Å². The predicted octanol–water partition coefficient (Wildman–Crippen LogP) is 2.97. The first-order chi connectivity index (χ1) is 13.1. The Morgan fingerprint density at radius 2 is 2.07 bits per heavy atom. The minimum atomic E-state index is 0.235. The predicted molar refractivity (Wildman–Crippen MR) is 109 cm³/mol. The maximum Gasteiger partial charge on any atom is 0.222 e. The maximum atomic E-state index is 12.6. The molecule has 1 saturated heterocycles. The molecular weight excluding hydrogens is 338 g/mol. The Morgan fingerprint density at radius 1 is 1.19 bits per heavy atom. The summed E-state index contributed by atoms with van der Waals surface area (Å²) in [6, 6.07) is 10.3. The van der Waals surface area contributed by atoms with Gasteiger partial charge in [0, 0.05) is 51.5 Å². The molecule has 0 bridgehead atoms. The summed E-state index contributed by atoms with van der Waals surface area (Å²) in [7, 11) is 3.97. The lowest BCUT2D eigenvalue weighted by Gasteiger charge is -2.21. The molecule has 2 aromatic rings. The van der Waals surface area contributed by atoms with E-state index in [1.807, 2.05) is 54.4 Å². The molecule has 1 aliphatic heterocycles.